The molecule has 2 saturated carbocycles. The highest BCUT2D eigenvalue weighted by Gasteiger charge is 2.71. The summed E-state index contributed by atoms with van der Waals surface area (Å²) >= 11 is 0. The Morgan fingerprint density at radius 3 is 2.43 bits per heavy atom. The van der Waals surface area contributed by atoms with E-state index in [0.29, 0.717) is 31.8 Å². The Balaban J connectivity index is 1.38. The molecule has 3 heterocycles. The number of carbonyl (C=O) groups excluding carboxylic acids is 1. The van der Waals surface area contributed by atoms with Crippen molar-refractivity contribution in [2.75, 3.05) is 58.5 Å². The lowest BCUT2D eigenvalue weighted by molar-refractivity contribution is -0.186. The van der Waals surface area contributed by atoms with Gasteiger partial charge in [0.15, 0.2) is 0 Å². The molecule has 10 heteroatoms. The second-order valence-electron chi connectivity index (χ2n) is 13.7. The van der Waals surface area contributed by atoms with Crippen molar-refractivity contribution in [2.45, 2.75) is 50.9 Å². The molecule has 4 fully saturated rings. The molecule has 6 rings (SSSR count). The first-order valence-electron chi connectivity index (χ1n) is 15.6. The van der Waals surface area contributed by atoms with E-state index in [0.717, 1.165) is 31.6 Å². The summed E-state index contributed by atoms with van der Waals surface area (Å²) in [5.41, 5.74) is 0.108. The van der Waals surface area contributed by atoms with E-state index in [4.69, 9.17) is 14.2 Å². The van der Waals surface area contributed by atoms with Crippen LogP contribution < -0.4 is 4.90 Å². The number of anilines is 1. The maximum Gasteiger partial charge on any atom is 0.343 e. The van der Waals surface area contributed by atoms with Crippen LogP contribution in [-0.4, -0.2) is 104 Å². The Morgan fingerprint density at radius 2 is 1.84 bits per heavy atom. The minimum Gasteiger partial charge on any atom is -0.478 e. The molecule has 3 aliphatic heterocycles. The van der Waals surface area contributed by atoms with Crippen LogP contribution in [0.4, 0.5) is 5.69 Å². The lowest BCUT2D eigenvalue weighted by Crippen LogP contribution is -2.67. The monoisotopic (exact) mass is 608 g/mol. The van der Waals surface area contributed by atoms with Gasteiger partial charge in [-0.1, -0.05) is 38.1 Å². The Labute approximate surface area is 258 Å². The van der Waals surface area contributed by atoms with Crippen LogP contribution in [-0.2, 0) is 23.8 Å². The molecular formula is C34H44N2O8. The Morgan fingerprint density at radius 1 is 1.16 bits per heavy atom. The average molecular weight is 609 g/mol. The van der Waals surface area contributed by atoms with Gasteiger partial charge in [-0.2, -0.15) is 0 Å². The molecule has 10 nitrogen and oxygen atoms in total. The first-order valence-corrected chi connectivity index (χ1v) is 15.6. The normalized spacial score (nSPS) is 38.3. The van der Waals surface area contributed by atoms with Gasteiger partial charge in [-0.3, -0.25) is 4.90 Å². The van der Waals surface area contributed by atoms with E-state index in [9.17, 15) is 24.9 Å². The fraction of sp³-hybridized carbons (Fsp3) is 0.588. The number of esters is 1. The molecule has 238 valence electrons. The maximum absolute atomic E-state index is 13.1. The largest absolute Gasteiger partial charge is 0.478 e. The number of carboxylic acids is 1. The number of hydrogen-bond acceptors (Lipinski definition) is 9. The molecule has 0 bridgehead atoms. The van der Waals surface area contributed by atoms with Gasteiger partial charge in [0.05, 0.1) is 38.1 Å². The number of rotatable bonds is 7. The van der Waals surface area contributed by atoms with Gasteiger partial charge in [0.25, 0.3) is 0 Å². The number of aliphatic hydroxyl groups is 2. The molecular weight excluding hydrogens is 564 g/mol. The van der Waals surface area contributed by atoms with E-state index < -0.39 is 29.1 Å². The summed E-state index contributed by atoms with van der Waals surface area (Å²) in [4.78, 5) is 29.8. The molecule has 4 unspecified atom stereocenters. The fourth-order valence-corrected chi connectivity index (χ4v) is 8.56. The number of carboxylic acid groups (broad SMARTS) is 1. The van der Waals surface area contributed by atoms with Crippen molar-refractivity contribution >= 4 is 23.2 Å². The van der Waals surface area contributed by atoms with Crippen LogP contribution >= 0.6 is 0 Å². The van der Waals surface area contributed by atoms with Crippen LogP contribution in [0.25, 0.3) is 5.57 Å². The van der Waals surface area contributed by atoms with Crippen molar-refractivity contribution in [3.63, 3.8) is 0 Å². The number of carbonyl (C=O) groups is 2. The van der Waals surface area contributed by atoms with Gasteiger partial charge in [-0.05, 0) is 54.4 Å². The van der Waals surface area contributed by atoms with Crippen LogP contribution in [0.2, 0.25) is 0 Å². The number of hydrogen-bond donors (Lipinski definition) is 3. The van der Waals surface area contributed by atoms with Crippen LogP contribution in [0.5, 0.6) is 0 Å². The molecule has 1 aromatic carbocycles. The van der Waals surface area contributed by atoms with Crippen LogP contribution in [0, 0.1) is 22.7 Å². The van der Waals surface area contributed by atoms with E-state index in [1.807, 2.05) is 44.1 Å². The fourth-order valence-electron chi connectivity index (χ4n) is 8.56. The van der Waals surface area contributed by atoms with Crippen molar-refractivity contribution in [2.24, 2.45) is 22.7 Å². The molecule has 2 aliphatic carbocycles. The summed E-state index contributed by atoms with van der Waals surface area (Å²) in [6, 6.07) is 7.13. The number of morpholine rings is 1. The highest BCUT2D eigenvalue weighted by molar-refractivity contribution is 6.18. The summed E-state index contributed by atoms with van der Waals surface area (Å²) in [7, 11) is 3.81. The summed E-state index contributed by atoms with van der Waals surface area (Å²) in [5.74, 6) is -1.89. The molecule has 0 radical (unpaired) electrons. The quantitative estimate of drug-likeness (QED) is 0.241. The standard InChI is InChI=1S/C34H44N2O8/c1-32-12-11-28(38)33(2,19-37)26(32)18-27(36-13-15-42-16-14-36)34(20-43-34)25(32)10-7-22-17-24(44-31(22)41)29(30(39)40)21-5-8-23(9-6-21)35(3)4/h5-10,17,25-28,37-38H,11-16,18-20H2,1-4H3,(H,39,40)/t25?,26?,27?,28-,32-,33+,34?/m1/s1. The third kappa shape index (κ3) is 5.01. The van der Waals surface area contributed by atoms with Crippen molar-refractivity contribution < 1.29 is 39.1 Å². The Hall–Kier alpha value is -3.02. The smallest absolute Gasteiger partial charge is 0.343 e. The van der Waals surface area contributed by atoms with Crippen LogP contribution in [0.15, 0.2) is 53.8 Å². The van der Waals surface area contributed by atoms with Gasteiger partial charge >= 0.3 is 11.9 Å². The second-order valence-corrected chi connectivity index (χ2v) is 13.7. The molecule has 0 aromatic heterocycles. The highest BCUT2D eigenvalue weighted by atomic mass is 16.6. The van der Waals surface area contributed by atoms with Crippen molar-refractivity contribution in [3.8, 4) is 0 Å². The lowest BCUT2D eigenvalue weighted by Gasteiger charge is -2.63. The van der Waals surface area contributed by atoms with Gasteiger partial charge in [-0.25, -0.2) is 9.59 Å². The minimum absolute atomic E-state index is 0.00436. The third-order valence-corrected chi connectivity index (χ3v) is 11.2. The summed E-state index contributed by atoms with van der Waals surface area (Å²) < 4.78 is 17.6. The highest BCUT2D eigenvalue weighted by Crippen LogP contribution is 2.66. The van der Waals surface area contributed by atoms with Crippen molar-refractivity contribution in [1.29, 1.82) is 0 Å². The predicted molar refractivity (Wildman–Crippen MR) is 164 cm³/mol. The number of epoxide rings is 1. The van der Waals surface area contributed by atoms with Crippen LogP contribution in [0.1, 0.15) is 38.7 Å². The van der Waals surface area contributed by atoms with Gasteiger partial charge < -0.3 is 34.4 Å². The van der Waals surface area contributed by atoms with E-state index in [1.165, 1.54) is 6.08 Å². The number of benzene rings is 1. The second kappa shape index (κ2) is 11.4. The number of fused-ring (bicyclic) bond motifs is 1. The molecule has 1 spiro atoms. The van der Waals surface area contributed by atoms with E-state index >= 15 is 0 Å². The predicted octanol–water partition coefficient (Wildman–Crippen LogP) is 2.85. The minimum atomic E-state index is -1.18. The molecule has 7 atom stereocenters. The summed E-state index contributed by atoms with van der Waals surface area (Å²) in [6.45, 7) is 7.56. The molecule has 3 N–H and O–H groups in total. The first-order chi connectivity index (χ1) is 20.9. The zero-order valence-electron chi connectivity index (χ0n) is 26.0. The molecule has 44 heavy (non-hydrogen) atoms. The zero-order chi connectivity index (χ0) is 31.4. The van der Waals surface area contributed by atoms with Gasteiger partial charge in [0, 0.05) is 50.2 Å². The number of cyclic esters (lactones) is 1. The summed E-state index contributed by atoms with van der Waals surface area (Å²) in [6.07, 6.45) is 6.81. The maximum atomic E-state index is 13.1. The third-order valence-electron chi connectivity index (χ3n) is 11.2. The van der Waals surface area contributed by atoms with Gasteiger partial charge in [0.2, 0.25) is 0 Å². The summed E-state index contributed by atoms with van der Waals surface area (Å²) in [5, 5.41) is 31.9. The Kier molecular flexibility index (Phi) is 8.03. The van der Waals surface area contributed by atoms with E-state index in [1.54, 1.807) is 18.2 Å². The number of aliphatic carboxylic acids is 1. The van der Waals surface area contributed by atoms with E-state index in [-0.39, 0.29) is 46.8 Å². The first kappa shape index (κ1) is 31.0. The van der Waals surface area contributed by atoms with Gasteiger partial charge in [-0.15, -0.1) is 0 Å². The van der Waals surface area contributed by atoms with Crippen molar-refractivity contribution in [1.82, 2.24) is 4.90 Å². The molecule has 0 amide bonds. The zero-order valence-corrected chi connectivity index (χ0v) is 26.0. The number of aliphatic hydroxyl groups excluding tert-OH is 2. The van der Waals surface area contributed by atoms with Crippen molar-refractivity contribution in [3.05, 3.63) is 59.4 Å². The number of allylic oxidation sites excluding steroid dienone is 1. The topological polar surface area (TPSA) is 132 Å². The SMILES string of the molecule is CN(C)c1ccc(C(C(=O)O)=C2C=C(C=CC3C4(CO4)C(N4CCOCC4)CC4[C@]3(C)CC[C@@H](O)[C@@]4(C)CO)C(=O)O2)cc1. The van der Waals surface area contributed by atoms with Crippen LogP contribution in [0.3, 0.4) is 0 Å². The number of ether oxygens (including phenoxy) is 3. The van der Waals surface area contributed by atoms with Gasteiger partial charge in [0.1, 0.15) is 16.9 Å². The number of nitrogens with zero attached hydrogens (tertiary/aromatic N) is 2. The van der Waals surface area contributed by atoms with E-state index in [2.05, 4.69) is 11.8 Å². The molecule has 1 aromatic rings. The lowest BCUT2D eigenvalue weighted by atomic mass is 9.44. The Bertz CT molecular complexity index is 1390. The molecule has 2 saturated heterocycles. The average Bonchev–Trinajstić information content (AvgIpc) is 3.70. The molecule has 5 aliphatic rings.